The van der Waals surface area contributed by atoms with Crippen molar-refractivity contribution in [1.29, 1.82) is 0 Å². The van der Waals surface area contributed by atoms with Gasteiger partial charge in [0.1, 0.15) is 16.5 Å². The third kappa shape index (κ3) is 6.27. The van der Waals surface area contributed by atoms with Gasteiger partial charge in [0, 0.05) is 24.3 Å². The summed E-state index contributed by atoms with van der Waals surface area (Å²) in [5.41, 5.74) is 1.13. The number of anilines is 2. The summed E-state index contributed by atoms with van der Waals surface area (Å²) in [5, 5.41) is 8.85. The molecule has 0 bridgehead atoms. The van der Waals surface area contributed by atoms with Crippen LogP contribution >= 0.6 is 11.8 Å². The lowest BCUT2D eigenvalue weighted by molar-refractivity contribution is -0.131. The number of fused-ring (bicyclic) bond motifs is 1. The number of carboxylic acid groups (broad SMARTS) is 1. The molecule has 1 aliphatic rings. The Labute approximate surface area is 197 Å². The first-order valence-electron chi connectivity index (χ1n) is 10.7. The number of thioether (sulfide) groups is 1. The highest BCUT2D eigenvalue weighted by atomic mass is 32.2. The largest absolute Gasteiger partial charge is 0.478 e. The minimum Gasteiger partial charge on any atom is -0.478 e. The van der Waals surface area contributed by atoms with Crippen LogP contribution in [-0.2, 0) is 14.8 Å². The van der Waals surface area contributed by atoms with E-state index < -0.39 is 16.0 Å². The van der Waals surface area contributed by atoms with E-state index in [2.05, 4.69) is 4.72 Å². The van der Waals surface area contributed by atoms with Gasteiger partial charge in [-0.25, -0.2) is 22.3 Å². The number of carboxylic acids is 1. The number of aliphatic carboxylic acids is 1. The Balaban J connectivity index is 2.17. The summed E-state index contributed by atoms with van der Waals surface area (Å²) in [7, 11) is -3.90. The van der Waals surface area contributed by atoms with Gasteiger partial charge in [-0.2, -0.15) is 0 Å². The van der Waals surface area contributed by atoms with Gasteiger partial charge in [-0.15, -0.1) is 11.8 Å². The highest BCUT2D eigenvalue weighted by molar-refractivity contribution is 7.99. The van der Waals surface area contributed by atoms with Crippen LogP contribution in [0.4, 0.5) is 15.8 Å². The number of benzene rings is 2. The molecular weight excluding hydrogens is 467 g/mol. The summed E-state index contributed by atoms with van der Waals surface area (Å²) >= 11 is 1.45. The van der Waals surface area contributed by atoms with Gasteiger partial charge in [0.05, 0.1) is 22.9 Å². The van der Waals surface area contributed by atoms with Crippen LogP contribution in [0.3, 0.4) is 0 Å². The molecule has 178 valence electrons. The van der Waals surface area contributed by atoms with Gasteiger partial charge >= 0.3 is 5.97 Å². The summed E-state index contributed by atoms with van der Waals surface area (Å²) in [6.07, 6.45) is 4.29. The summed E-state index contributed by atoms with van der Waals surface area (Å²) in [6, 6.07) is 8.75. The van der Waals surface area contributed by atoms with E-state index in [4.69, 9.17) is 9.84 Å². The molecule has 0 amide bonds. The maximum atomic E-state index is 13.6. The van der Waals surface area contributed by atoms with Gasteiger partial charge in [-0.1, -0.05) is 26.7 Å². The molecule has 2 aromatic rings. The number of rotatable bonds is 9. The molecule has 10 heteroatoms. The maximum Gasteiger partial charge on any atom is 0.331 e. The number of carbonyl (C=O) groups is 1. The molecule has 1 unspecified atom stereocenters. The van der Waals surface area contributed by atoms with Crippen LogP contribution in [0.1, 0.15) is 33.1 Å². The maximum absolute atomic E-state index is 13.6. The Morgan fingerprint density at radius 2 is 2.03 bits per heavy atom. The molecule has 0 radical (unpaired) electrons. The Hall–Kier alpha value is -2.56. The average Bonchev–Trinajstić information content (AvgIpc) is 2.86. The number of nitrogens with zero attached hydrogens (tertiary/aromatic N) is 1. The van der Waals surface area contributed by atoms with Crippen LogP contribution < -0.4 is 14.4 Å². The number of sulfonamides is 1. The zero-order valence-electron chi connectivity index (χ0n) is 18.5. The molecular formula is C23H27FN2O5S2. The quantitative estimate of drug-likeness (QED) is 0.291. The molecule has 1 aliphatic heterocycles. The molecule has 2 N–H and O–H groups in total. The first-order chi connectivity index (χ1) is 15.7. The second kappa shape index (κ2) is 11.0. The van der Waals surface area contributed by atoms with E-state index in [9.17, 15) is 17.6 Å². The molecule has 2 aromatic carbocycles. The van der Waals surface area contributed by atoms with Crippen LogP contribution in [0.15, 0.2) is 58.5 Å². The second-order valence-corrected chi connectivity index (χ2v) is 10.5. The molecule has 0 aromatic heterocycles. The van der Waals surface area contributed by atoms with Gasteiger partial charge in [-0.3, -0.25) is 0 Å². The van der Waals surface area contributed by atoms with E-state index in [1.54, 1.807) is 18.2 Å². The standard InChI is InChI=1S/C23H27FN2O5S2/c1-3-5-6-17-15-26(18-9-7-16(24)8-10-18)19-13-21(32-4-2)20(31-12-11-23(27)28)14-22(19)33(29,30)25-17/h7-14,17,25H,3-6,15H2,1-2H3,(H,27,28)/b12-11+. The SMILES string of the molecule is CCCCC1CN(c2ccc(F)cc2)c2cc(SCC)c(O/C=C/C(=O)O)cc2S(=O)(=O)N1. The third-order valence-electron chi connectivity index (χ3n) is 5.08. The van der Waals surface area contributed by atoms with E-state index in [1.165, 1.54) is 30.0 Å². The second-order valence-electron chi connectivity index (χ2n) is 7.51. The van der Waals surface area contributed by atoms with E-state index in [0.717, 1.165) is 25.2 Å². The predicted molar refractivity (Wildman–Crippen MR) is 127 cm³/mol. The Morgan fingerprint density at radius 1 is 1.30 bits per heavy atom. The van der Waals surface area contributed by atoms with Crippen molar-refractivity contribution in [1.82, 2.24) is 4.72 Å². The lowest BCUT2D eigenvalue weighted by Crippen LogP contribution is -2.39. The van der Waals surface area contributed by atoms with Crippen LogP contribution in [0, 0.1) is 5.82 Å². The zero-order valence-corrected chi connectivity index (χ0v) is 20.1. The minimum absolute atomic E-state index is 0.0185. The van der Waals surface area contributed by atoms with E-state index in [1.807, 2.05) is 18.7 Å². The zero-order chi connectivity index (χ0) is 24.0. The smallest absolute Gasteiger partial charge is 0.331 e. The molecule has 0 spiro atoms. The van der Waals surface area contributed by atoms with Crippen molar-refractivity contribution >= 4 is 39.1 Å². The van der Waals surface area contributed by atoms with E-state index >= 15 is 0 Å². The fraction of sp³-hybridized carbons (Fsp3) is 0.348. The third-order valence-corrected chi connectivity index (χ3v) is 7.55. The number of ether oxygens (including phenoxy) is 1. The molecule has 0 saturated heterocycles. The normalized spacial score (nSPS) is 17.5. The lowest BCUT2D eigenvalue weighted by Gasteiger charge is -2.27. The Kier molecular flexibility index (Phi) is 8.39. The molecule has 1 heterocycles. The number of halogens is 1. The van der Waals surface area contributed by atoms with Crippen LogP contribution in [-0.4, -0.2) is 37.8 Å². The lowest BCUT2D eigenvalue weighted by atomic mass is 10.1. The highest BCUT2D eigenvalue weighted by Gasteiger charge is 2.33. The average molecular weight is 495 g/mol. The predicted octanol–water partition coefficient (Wildman–Crippen LogP) is 4.90. The summed E-state index contributed by atoms with van der Waals surface area (Å²) in [6.45, 7) is 4.37. The first-order valence-corrected chi connectivity index (χ1v) is 13.1. The number of nitrogens with one attached hydrogen (secondary N) is 1. The molecule has 0 saturated carbocycles. The molecule has 0 aliphatic carbocycles. The van der Waals surface area contributed by atoms with Crippen molar-refractivity contribution in [3.05, 3.63) is 54.6 Å². The number of unbranched alkanes of at least 4 members (excludes halogenated alkanes) is 1. The first kappa shape index (κ1) is 25.1. The van der Waals surface area contributed by atoms with Gasteiger partial charge < -0.3 is 14.7 Å². The summed E-state index contributed by atoms with van der Waals surface area (Å²) < 4.78 is 48.6. The molecule has 3 rings (SSSR count). The number of hydrogen-bond donors (Lipinski definition) is 2. The van der Waals surface area contributed by atoms with Gasteiger partial charge in [0.15, 0.2) is 0 Å². The number of hydrogen-bond acceptors (Lipinski definition) is 6. The fourth-order valence-electron chi connectivity index (χ4n) is 3.59. The van der Waals surface area contributed by atoms with E-state index in [-0.39, 0.29) is 22.5 Å². The van der Waals surface area contributed by atoms with Crippen molar-refractivity contribution in [2.75, 3.05) is 17.2 Å². The van der Waals surface area contributed by atoms with Crippen LogP contribution in [0.25, 0.3) is 0 Å². The van der Waals surface area contributed by atoms with Gasteiger partial charge in [0.25, 0.3) is 0 Å². The Morgan fingerprint density at radius 3 is 2.67 bits per heavy atom. The van der Waals surface area contributed by atoms with Crippen LogP contribution in [0.5, 0.6) is 5.75 Å². The molecule has 33 heavy (non-hydrogen) atoms. The van der Waals surface area contributed by atoms with Crippen molar-refractivity contribution in [2.24, 2.45) is 0 Å². The molecule has 7 nitrogen and oxygen atoms in total. The van der Waals surface area contributed by atoms with Crippen molar-refractivity contribution in [3.63, 3.8) is 0 Å². The van der Waals surface area contributed by atoms with Gasteiger partial charge in [-0.05, 0) is 42.5 Å². The van der Waals surface area contributed by atoms with Crippen molar-refractivity contribution in [3.8, 4) is 5.75 Å². The van der Waals surface area contributed by atoms with E-state index in [0.29, 0.717) is 35.0 Å². The molecule has 0 fully saturated rings. The van der Waals surface area contributed by atoms with Crippen molar-refractivity contribution < 1.29 is 27.4 Å². The Bertz CT molecular complexity index is 1120. The van der Waals surface area contributed by atoms with Gasteiger partial charge in [0.2, 0.25) is 10.0 Å². The summed E-state index contributed by atoms with van der Waals surface area (Å²) in [5.74, 6) is -0.615. The van der Waals surface area contributed by atoms with Crippen molar-refractivity contribution in [2.45, 2.75) is 48.9 Å². The summed E-state index contributed by atoms with van der Waals surface area (Å²) in [4.78, 5) is 13.4. The molecule has 1 atom stereocenters. The minimum atomic E-state index is -3.90. The fourth-order valence-corrected chi connectivity index (χ4v) is 5.81. The van der Waals surface area contributed by atoms with Crippen LogP contribution in [0.2, 0.25) is 0 Å². The topological polar surface area (TPSA) is 95.9 Å². The highest BCUT2D eigenvalue weighted by Crippen LogP contribution is 2.42. The monoisotopic (exact) mass is 494 g/mol.